The minimum atomic E-state index is -4.10. The molecule has 1 N–H and O–H groups in total. The van der Waals surface area contributed by atoms with E-state index >= 15 is 0 Å². The summed E-state index contributed by atoms with van der Waals surface area (Å²) in [6, 6.07) is 0.286. The molecule has 0 aromatic rings. The molecule has 0 aliphatic rings. The number of hydrogen-bond donors (Lipinski definition) is 1. The number of hydrogen-bond acceptors (Lipinski definition) is 2. The molecule has 0 aliphatic heterocycles. The Morgan fingerprint density at radius 1 is 1.29 bits per heavy atom. The summed E-state index contributed by atoms with van der Waals surface area (Å²) < 4.78 is 35.2. The Labute approximate surface area is 87.8 Å². The third-order valence-corrected chi connectivity index (χ3v) is 3.07. The summed E-state index contributed by atoms with van der Waals surface area (Å²) >= 11 is 0.0324. The third kappa shape index (κ3) is 7.50. The lowest BCUT2D eigenvalue weighted by molar-refractivity contribution is -0.0327. The zero-order valence-electron chi connectivity index (χ0n) is 8.82. The van der Waals surface area contributed by atoms with Crippen LogP contribution in [0.4, 0.5) is 13.2 Å². The molecule has 0 fully saturated rings. The van der Waals surface area contributed by atoms with E-state index in [4.69, 9.17) is 0 Å². The third-order valence-electron chi connectivity index (χ3n) is 2.33. The van der Waals surface area contributed by atoms with Gasteiger partial charge in [-0.3, -0.25) is 0 Å². The maximum absolute atomic E-state index is 11.7. The molecule has 2 atom stereocenters. The van der Waals surface area contributed by atoms with Crippen LogP contribution in [0.5, 0.6) is 0 Å². The average molecular weight is 229 g/mol. The molecule has 0 aromatic carbocycles. The minimum absolute atomic E-state index is 0.0324. The molecule has 86 valence electrons. The first-order chi connectivity index (χ1) is 6.37. The van der Waals surface area contributed by atoms with Crippen molar-refractivity contribution in [1.82, 2.24) is 5.32 Å². The molecule has 0 spiro atoms. The van der Waals surface area contributed by atoms with Gasteiger partial charge in [0.2, 0.25) is 0 Å². The van der Waals surface area contributed by atoms with Gasteiger partial charge in [0.25, 0.3) is 0 Å². The van der Waals surface area contributed by atoms with Crippen molar-refractivity contribution in [2.45, 2.75) is 38.7 Å². The Morgan fingerprint density at radius 3 is 2.29 bits per heavy atom. The zero-order chi connectivity index (χ0) is 11.2. The molecule has 2 unspecified atom stereocenters. The van der Waals surface area contributed by atoms with Crippen LogP contribution in [0.15, 0.2) is 0 Å². The van der Waals surface area contributed by atoms with Crippen molar-refractivity contribution in [1.29, 1.82) is 0 Å². The van der Waals surface area contributed by atoms with Crippen molar-refractivity contribution >= 4 is 11.8 Å². The largest absolute Gasteiger partial charge is 0.441 e. The molecule has 0 saturated heterocycles. The summed E-state index contributed by atoms with van der Waals surface area (Å²) in [5.74, 6) is 0.593. The molecule has 0 aromatic heterocycles. The molecular formula is C9H18F3NS. The van der Waals surface area contributed by atoms with Crippen LogP contribution >= 0.6 is 11.8 Å². The molecule has 0 rings (SSSR count). The van der Waals surface area contributed by atoms with Crippen LogP contribution in [-0.2, 0) is 0 Å². The highest BCUT2D eigenvalue weighted by Gasteiger charge is 2.27. The van der Waals surface area contributed by atoms with Crippen molar-refractivity contribution in [3.05, 3.63) is 0 Å². The van der Waals surface area contributed by atoms with Crippen molar-refractivity contribution in [3.8, 4) is 0 Å². The number of alkyl halides is 3. The maximum Gasteiger partial charge on any atom is 0.441 e. The Hall–Kier alpha value is 0.100. The lowest BCUT2D eigenvalue weighted by Crippen LogP contribution is -2.33. The molecule has 0 heterocycles. The van der Waals surface area contributed by atoms with Crippen molar-refractivity contribution < 1.29 is 13.2 Å². The first kappa shape index (κ1) is 14.1. The van der Waals surface area contributed by atoms with Gasteiger partial charge < -0.3 is 5.32 Å². The fraction of sp³-hybridized carbons (Fsp3) is 1.00. The van der Waals surface area contributed by atoms with Crippen LogP contribution < -0.4 is 5.32 Å². The van der Waals surface area contributed by atoms with Gasteiger partial charge in [-0.05, 0) is 24.6 Å². The lowest BCUT2D eigenvalue weighted by atomic mass is 10.0. The van der Waals surface area contributed by atoms with E-state index in [1.165, 1.54) is 0 Å². The van der Waals surface area contributed by atoms with Crippen LogP contribution in [0.25, 0.3) is 0 Å². The number of halogens is 3. The Balaban J connectivity index is 3.45. The number of nitrogens with one attached hydrogen (secondary N) is 1. The van der Waals surface area contributed by atoms with E-state index in [9.17, 15) is 13.2 Å². The van der Waals surface area contributed by atoms with Crippen LogP contribution in [0.3, 0.4) is 0 Å². The van der Waals surface area contributed by atoms with Crippen LogP contribution in [0.2, 0.25) is 0 Å². The fourth-order valence-electron chi connectivity index (χ4n) is 1.01. The molecule has 1 nitrogen and oxygen atoms in total. The normalized spacial score (nSPS) is 16.7. The standard InChI is InChI=1S/C9H18F3NS/c1-4-7(2)8(3)13-5-6-14-9(10,11)12/h7-8,13H,4-6H2,1-3H3. The van der Waals surface area contributed by atoms with Gasteiger partial charge in [0.1, 0.15) is 0 Å². The summed E-state index contributed by atoms with van der Waals surface area (Å²) in [6.07, 6.45) is 1.04. The van der Waals surface area contributed by atoms with Gasteiger partial charge in [-0.15, -0.1) is 0 Å². The monoisotopic (exact) mass is 229 g/mol. The maximum atomic E-state index is 11.7. The molecule has 0 radical (unpaired) electrons. The molecule has 5 heteroatoms. The topological polar surface area (TPSA) is 12.0 Å². The van der Waals surface area contributed by atoms with Gasteiger partial charge in [-0.1, -0.05) is 20.3 Å². The number of thioether (sulfide) groups is 1. The SMILES string of the molecule is CCC(C)C(C)NCCSC(F)(F)F. The summed E-state index contributed by atoms with van der Waals surface area (Å²) in [7, 11) is 0. The van der Waals surface area contributed by atoms with Crippen LogP contribution in [-0.4, -0.2) is 23.8 Å². The predicted molar refractivity (Wildman–Crippen MR) is 55.4 cm³/mol. The van der Waals surface area contributed by atoms with Crippen molar-refractivity contribution in [2.75, 3.05) is 12.3 Å². The van der Waals surface area contributed by atoms with E-state index in [1.807, 2.05) is 6.92 Å². The summed E-state index contributed by atoms with van der Waals surface area (Å²) in [5, 5.41) is 3.09. The quantitative estimate of drug-likeness (QED) is 0.702. The van der Waals surface area contributed by atoms with Crippen molar-refractivity contribution in [3.63, 3.8) is 0 Å². The van der Waals surface area contributed by atoms with Crippen LogP contribution in [0.1, 0.15) is 27.2 Å². The summed E-state index contributed by atoms with van der Waals surface area (Å²) in [6.45, 7) is 6.59. The Kier molecular flexibility index (Phi) is 6.61. The highest BCUT2D eigenvalue weighted by molar-refractivity contribution is 8.00. The Morgan fingerprint density at radius 2 is 1.86 bits per heavy atom. The smallest absolute Gasteiger partial charge is 0.313 e. The molecule has 0 bridgehead atoms. The van der Waals surface area contributed by atoms with E-state index in [2.05, 4.69) is 19.2 Å². The lowest BCUT2D eigenvalue weighted by Gasteiger charge is -2.19. The van der Waals surface area contributed by atoms with E-state index in [0.717, 1.165) is 6.42 Å². The van der Waals surface area contributed by atoms with Gasteiger partial charge in [-0.2, -0.15) is 13.2 Å². The number of rotatable bonds is 6. The van der Waals surface area contributed by atoms with Crippen LogP contribution in [0, 0.1) is 5.92 Å². The van der Waals surface area contributed by atoms with Gasteiger partial charge in [0, 0.05) is 18.3 Å². The van der Waals surface area contributed by atoms with E-state index in [1.54, 1.807) is 0 Å². The second-order valence-electron chi connectivity index (χ2n) is 3.42. The van der Waals surface area contributed by atoms with Gasteiger partial charge in [-0.25, -0.2) is 0 Å². The molecule has 0 saturated carbocycles. The predicted octanol–water partition coefficient (Wildman–Crippen LogP) is 3.26. The van der Waals surface area contributed by atoms with E-state index in [-0.39, 0.29) is 23.6 Å². The minimum Gasteiger partial charge on any atom is -0.313 e. The van der Waals surface area contributed by atoms with E-state index < -0.39 is 5.51 Å². The van der Waals surface area contributed by atoms with E-state index in [0.29, 0.717) is 12.5 Å². The molecule has 14 heavy (non-hydrogen) atoms. The zero-order valence-corrected chi connectivity index (χ0v) is 9.63. The fourth-order valence-corrected chi connectivity index (χ4v) is 1.46. The average Bonchev–Trinajstić information content (AvgIpc) is 2.09. The molecule has 0 amide bonds. The Bertz CT molecular complexity index is 149. The first-order valence-electron chi connectivity index (χ1n) is 4.81. The van der Waals surface area contributed by atoms with Gasteiger partial charge in [0.05, 0.1) is 0 Å². The summed E-state index contributed by atoms with van der Waals surface area (Å²) in [5.41, 5.74) is -4.10. The highest BCUT2D eigenvalue weighted by atomic mass is 32.2. The molecular weight excluding hydrogens is 211 g/mol. The molecule has 0 aliphatic carbocycles. The summed E-state index contributed by atoms with van der Waals surface area (Å²) in [4.78, 5) is 0. The van der Waals surface area contributed by atoms with Gasteiger partial charge in [0.15, 0.2) is 0 Å². The second-order valence-corrected chi connectivity index (χ2v) is 4.58. The second kappa shape index (κ2) is 6.56. The van der Waals surface area contributed by atoms with Crippen molar-refractivity contribution in [2.24, 2.45) is 5.92 Å². The first-order valence-corrected chi connectivity index (χ1v) is 5.79. The van der Waals surface area contributed by atoms with Gasteiger partial charge >= 0.3 is 5.51 Å². The highest BCUT2D eigenvalue weighted by Crippen LogP contribution is 2.29.